The Hall–Kier alpha value is -4.83. The molecule has 2 aliphatic heterocycles. The topological polar surface area (TPSA) is 116 Å². The van der Waals surface area contributed by atoms with Crippen LogP contribution in [-0.4, -0.2) is 79.0 Å². The molecule has 10 heteroatoms. The lowest BCUT2D eigenvalue weighted by Crippen LogP contribution is -2.64. The van der Waals surface area contributed by atoms with Crippen LogP contribution in [0.15, 0.2) is 96.4 Å². The van der Waals surface area contributed by atoms with E-state index in [9.17, 15) is 19.5 Å². The van der Waals surface area contributed by atoms with E-state index in [1.807, 2.05) is 88.4 Å². The molecule has 0 saturated carbocycles. The van der Waals surface area contributed by atoms with Crippen LogP contribution in [0.3, 0.4) is 0 Å². The number of aliphatic hydroxyl groups is 1. The van der Waals surface area contributed by atoms with Gasteiger partial charge in [0, 0.05) is 31.1 Å². The largest absolute Gasteiger partial charge is 0.476 e. The van der Waals surface area contributed by atoms with E-state index < -0.39 is 41.4 Å². The number of hydrogen-bond donors (Lipinski definition) is 1. The van der Waals surface area contributed by atoms with Crippen LogP contribution in [-0.2, 0) is 20.7 Å². The Morgan fingerprint density at radius 3 is 2.27 bits per heavy atom. The lowest BCUT2D eigenvalue weighted by molar-refractivity contribution is -0.167. The van der Waals surface area contributed by atoms with Crippen molar-refractivity contribution in [2.24, 2.45) is 10.9 Å². The molecule has 2 aliphatic rings. The van der Waals surface area contributed by atoms with Gasteiger partial charge in [-0.15, -0.1) is 0 Å². The van der Waals surface area contributed by atoms with Crippen LogP contribution in [0.5, 0.6) is 0 Å². The number of carbonyl (C=O) groups is 3. The summed E-state index contributed by atoms with van der Waals surface area (Å²) in [7, 11) is 0. The van der Waals surface area contributed by atoms with Crippen molar-refractivity contribution >= 4 is 29.3 Å². The summed E-state index contributed by atoms with van der Waals surface area (Å²) < 4.78 is 5.85. The van der Waals surface area contributed by atoms with Crippen molar-refractivity contribution in [3.63, 3.8) is 0 Å². The summed E-state index contributed by atoms with van der Waals surface area (Å²) in [6, 6.07) is 19.9. The van der Waals surface area contributed by atoms with E-state index in [-0.39, 0.29) is 24.8 Å². The molecule has 234 valence electrons. The van der Waals surface area contributed by atoms with Crippen molar-refractivity contribution in [2.75, 3.05) is 6.61 Å². The minimum Gasteiger partial charge on any atom is -0.476 e. The Bertz CT molecular complexity index is 1590. The Balaban J connectivity index is 1.69. The summed E-state index contributed by atoms with van der Waals surface area (Å²) >= 11 is 0. The van der Waals surface area contributed by atoms with Gasteiger partial charge in [-0.25, -0.2) is 15.0 Å². The van der Waals surface area contributed by atoms with E-state index >= 15 is 0 Å². The molecule has 0 bridgehead atoms. The fraction of sp³-hybridized carbons (Fsp3) is 0.343. The van der Waals surface area contributed by atoms with Gasteiger partial charge in [0.2, 0.25) is 11.8 Å². The van der Waals surface area contributed by atoms with Gasteiger partial charge in [0.1, 0.15) is 12.6 Å². The van der Waals surface area contributed by atoms with Crippen molar-refractivity contribution in [1.82, 2.24) is 19.9 Å². The highest BCUT2D eigenvalue weighted by Gasteiger charge is 2.48. The first-order chi connectivity index (χ1) is 21.5. The molecule has 3 heterocycles. The summed E-state index contributed by atoms with van der Waals surface area (Å²) in [5.41, 5.74) is 1.53. The number of carbonyl (C=O) groups excluding carboxylic acids is 3. The Morgan fingerprint density at radius 2 is 1.71 bits per heavy atom. The van der Waals surface area contributed by atoms with Crippen molar-refractivity contribution in [3.8, 4) is 0 Å². The fourth-order valence-electron chi connectivity index (χ4n) is 5.73. The van der Waals surface area contributed by atoms with Crippen LogP contribution in [0.1, 0.15) is 56.1 Å². The lowest BCUT2D eigenvalue weighted by Gasteiger charge is -2.48. The molecule has 0 aliphatic carbocycles. The molecule has 1 unspecified atom stereocenters. The molecule has 3 aromatic rings. The van der Waals surface area contributed by atoms with Crippen molar-refractivity contribution in [1.29, 1.82) is 0 Å². The summed E-state index contributed by atoms with van der Waals surface area (Å²) in [6.07, 6.45) is 3.50. The first-order valence-electron chi connectivity index (χ1n) is 15.1. The van der Waals surface area contributed by atoms with Crippen molar-refractivity contribution in [3.05, 3.63) is 108 Å². The third kappa shape index (κ3) is 6.66. The van der Waals surface area contributed by atoms with Crippen LogP contribution in [0.4, 0.5) is 0 Å². The molecule has 3 atom stereocenters. The SMILES string of the molecule is CC(=O)N([C@@H](Cc1ccccc1)C(O)C1=NC(C)(C)CO1)N1C(=O)[C@@H](C(C)C)N(C(=O)c2cccnc2)C=C1c1ccccc1. The second-order valence-electron chi connectivity index (χ2n) is 12.3. The number of aliphatic imine (C=N–C) groups is 1. The maximum absolute atomic E-state index is 14.8. The minimum absolute atomic E-state index is 0.107. The number of pyridine rings is 1. The van der Waals surface area contributed by atoms with Gasteiger partial charge in [-0.05, 0) is 43.9 Å². The minimum atomic E-state index is -1.35. The van der Waals surface area contributed by atoms with Crippen LogP contribution >= 0.6 is 0 Å². The molecule has 1 N–H and O–H groups in total. The second-order valence-corrected chi connectivity index (χ2v) is 12.3. The van der Waals surface area contributed by atoms with Gasteiger partial charge in [-0.1, -0.05) is 74.5 Å². The first-order valence-corrected chi connectivity index (χ1v) is 15.1. The highest BCUT2D eigenvalue weighted by Crippen LogP contribution is 2.35. The number of nitrogens with zero attached hydrogens (tertiary/aromatic N) is 5. The Labute approximate surface area is 263 Å². The van der Waals surface area contributed by atoms with Crippen LogP contribution < -0.4 is 0 Å². The van der Waals surface area contributed by atoms with Gasteiger partial charge in [-0.2, -0.15) is 0 Å². The molecule has 10 nitrogen and oxygen atoms in total. The van der Waals surface area contributed by atoms with Crippen LogP contribution in [0.2, 0.25) is 0 Å². The van der Waals surface area contributed by atoms with E-state index in [4.69, 9.17) is 4.74 Å². The van der Waals surface area contributed by atoms with E-state index in [2.05, 4.69) is 9.98 Å². The maximum Gasteiger partial charge on any atom is 0.269 e. The number of hydrogen-bond acceptors (Lipinski definition) is 7. The zero-order valence-corrected chi connectivity index (χ0v) is 26.2. The normalized spacial score (nSPS) is 19.0. The molecule has 0 saturated heterocycles. The third-order valence-electron chi connectivity index (χ3n) is 7.84. The highest BCUT2D eigenvalue weighted by molar-refractivity contribution is 6.03. The zero-order chi connectivity index (χ0) is 32.3. The van der Waals surface area contributed by atoms with Crippen LogP contribution in [0.25, 0.3) is 5.70 Å². The average Bonchev–Trinajstić information content (AvgIpc) is 3.40. The number of hydrazine groups is 1. The molecule has 0 radical (unpaired) electrons. The molecule has 0 spiro atoms. The Kier molecular flexibility index (Phi) is 9.15. The quantitative estimate of drug-likeness (QED) is 0.386. The maximum atomic E-state index is 14.8. The molecule has 45 heavy (non-hydrogen) atoms. The molecule has 1 aromatic heterocycles. The van der Waals surface area contributed by atoms with Gasteiger partial charge in [0.15, 0.2) is 6.10 Å². The van der Waals surface area contributed by atoms with Crippen molar-refractivity contribution < 1.29 is 24.2 Å². The fourth-order valence-corrected chi connectivity index (χ4v) is 5.73. The molecule has 5 rings (SSSR count). The number of rotatable bonds is 9. The molecular weight excluding hydrogens is 570 g/mol. The molecule has 3 amide bonds. The standard InChI is InChI=1S/C35H39N5O5/c1-23(2)30-34(44)40(29(26-15-10-7-11-16-26)21-38(30)33(43)27-17-12-18-36-20-27)39(24(3)41)28(19-25-13-8-6-9-14-25)31(42)32-37-35(4,5)22-45-32/h6-18,20-21,23,28,30-31,42H,19,22H2,1-5H3/t28-,30+,31?/m0/s1. The molecule has 2 aromatic carbocycles. The smallest absolute Gasteiger partial charge is 0.269 e. The second kappa shape index (κ2) is 13.0. The van der Waals surface area contributed by atoms with E-state index in [0.29, 0.717) is 16.8 Å². The number of benzene rings is 2. The zero-order valence-electron chi connectivity index (χ0n) is 26.2. The van der Waals surface area contributed by atoms with E-state index in [0.717, 1.165) is 5.56 Å². The first kappa shape index (κ1) is 31.6. The Morgan fingerprint density at radius 1 is 1.04 bits per heavy atom. The number of ether oxygens (including phenoxy) is 1. The van der Waals surface area contributed by atoms with Gasteiger partial charge in [0.05, 0.1) is 22.8 Å². The van der Waals surface area contributed by atoms with Crippen molar-refractivity contribution in [2.45, 2.75) is 64.8 Å². The number of aromatic nitrogens is 1. The van der Waals surface area contributed by atoms with Crippen LogP contribution in [0, 0.1) is 5.92 Å². The van der Waals surface area contributed by atoms with Gasteiger partial charge >= 0.3 is 0 Å². The molecular formula is C35H39N5O5. The van der Waals surface area contributed by atoms with Gasteiger partial charge in [0.25, 0.3) is 11.8 Å². The summed E-state index contributed by atoms with van der Waals surface area (Å²) in [5, 5.41) is 14.5. The summed E-state index contributed by atoms with van der Waals surface area (Å²) in [5.74, 6) is -1.58. The predicted molar refractivity (Wildman–Crippen MR) is 170 cm³/mol. The van der Waals surface area contributed by atoms with E-state index in [1.165, 1.54) is 28.0 Å². The monoisotopic (exact) mass is 609 g/mol. The van der Waals surface area contributed by atoms with Gasteiger partial charge < -0.3 is 9.84 Å². The average molecular weight is 610 g/mol. The van der Waals surface area contributed by atoms with Gasteiger partial charge in [-0.3, -0.25) is 24.3 Å². The highest BCUT2D eigenvalue weighted by atomic mass is 16.5. The number of amides is 3. The summed E-state index contributed by atoms with van der Waals surface area (Å²) in [6.45, 7) is 9.13. The lowest BCUT2D eigenvalue weighted by atomic mass is 9.96. The van der Waals surface area contributed by atoms with E-state index in [1.54, 1.807) is 24.5 Å². The molecule has 0 fully saturated rings. The third-order valence-corrected chi connectivity index (χ3v) is 7.84. The summed E-state index contributed by atoms with van der Waals surface area (Å²) in [4.78, 5) is 52.6. The number of aliphatic hydroxyl groups excluding tert-OH is 1. The predicted octanol–water partition coefficient (Wildman–Crippen LogP) is 4.33.